The summed E-state index contributed by atoms with van der Waals surface area (Å²) in [7, 11) is 0. The summed E-state index contributed by atoms with van der Waals surface area (Å²) in [6.45, 7) is 1.57. The summed E-state index contributed by atoms with van der Waals surface area (Å²) in [4.78, 5) is 21.9. The Morgan fingerprint density at radius 1 is 1.39 bits per heavy atom. The fourth-order valence-electron chi connectivity index (χ4n) is 2.37. The van der Waals surface area contributed by atoms with Gasteiger partial charge in [-0.3, -0.25) is 9.36 Å². The van der Waals surface area contributed by atoms with Crippen molar-refractivity contribution in [2.75, 3.05) is 26.2 Å². The maximum Gasteiger partial charge on any atom is 0.319 e. The molecule has 1 aliphatic heterocycles. The average molecular weight is 328 g/mol. The standard InChI is InChI=1S/C14H22F2N6O/c1-2-17-14(20-10-12(23)21-6-3-4-7-21)19-9-11-18-5-8-22(11)13(15)16/h5,8,13H,2-4,6-7,9-10H2,1H3,(H2,17,19,20). The van der Waals surface area contributed by atoms with Crippen LogP contribution in [0, 0.1) is 0 Å². The number of amides is 1. The van der Waals surface area contributed by atoms with Gasteiger partial charge in [-0.1, -0.05) is 0 Å². The number of hydrogen-bond acceptors (Lipinski definition) is 3. The highest BCUT2D eigenvalue weighted by Crippen LogP contribution is 2.12. The van der Waals surface area contributed by atoms with Crippen LogP contribution in [-0.4, -0.2) is 52.5 Å². The minimum Gasteiger partial charge on any atom is -0.357 e. The van der Waals surface area contributed by atoms with Gasteiger partial charge < -0.3 is 15.5 Å². The van der Waals surface area contributed by atoms with Crippen LogP contribution in [0.1, 0.15) is 32.1 Å². The van der Waals surface area contributed by atoms with Crippen LogP contribution in [-0.2, 0) is 11.3 Å². The molecular formula is C14H22F2N6O. The first-order chi connectivity index (χ1) is 11.1. The molecule has 1 amide bonds. The smallest absolute Gasteiger partial charge is 0.319 e. The Hall–Kier alpha value is -2.19. The normalized spacial score (nSPS) is 15.3. The Morgan fingerprint density at radius 2 is 2.13 bits per heavy atom. The number of rotatable bonds is 6. The molecule has 1 aromatic heterocycles. The van der Waals surface area contributed by atoms with Gasteiger partial charge in [0, 0.05) is 32.0 Å². The van der Waals surface area contributed by atoms with Crippen LogP contribution in [0.15, 0.2) is 17.4 Å². The van der Waals surface area contributed by atoms with Crippen LogP contribution in [0.5, 0.6) is 0 Å². The van der Waals surface area contributed by atoms with E-state index in [0.29, 0.717) is 12.5 Å². The summed E-state index contributed by atoms with van der Waals surface area (Å²) in [5.74, 6) is 0.592. The van der Waals surface area contributed by atoms with Gasteiger partial charge in [-0.25, -0.2) is 9.98 Å². The van der Waals surface area contributed by atoms with Crippen molar-refractivity contribution in [2.45, 2.75) is 32.9 Å². The first-order valence-corrected chi connectivity index (χ1v) is 7.71. The predicted molar refractivity (Wildman–Crippen MR) is 82.1 cm³/mol. The number of aromatic nitrogens is 2. The second-order valence-electron chi connectivity index (χ2n) is 5.17. The third-order valence-corrected chi connectivity index (χ3v) is 3.55. The van der Waals surface area contributed by atoms with Crippen molar-refractivity contribution in [1.82, 2.24) is 25.1 Å². The molecule has 0 atom stereocenters. The molecule has 1 fully saturated rings. The van der Waals surface area contributed by atoms with Gasteiger partial charge >= 0.3 is 6.55 Å². The number of nitrogens with one attached hydrogen (secondary N) is 2. The van der Waals surface area contributed by atoms with E-state index >= 15 is 0 Å². The average Bonchev–Trinajstić information content (AvgIpc) is 3.20. The molecule has 23 heavy (non-hydrogen) atoms. The molecule has 1 aliphatic rings. The number of carbonyl (C=O) groups is 1. The first kappa shape index (κ1) is 17.2. The number of halogens is 2. The zero-order chi connectivity index (χ0) is 16.7. The molecule has 0 aliphatic carbocycles. The molecule has 2 heterocycles. The van der Waals surface area contributed by atoms with Crippen molar-refractivity contribution < 1.29 is 13.6 Å². The van der Waals surface area contributed by atoms with Gasteiger partial charge in [0.1, 0.15) is 12.4 Å². The molecule has 0 aromatic carbocycles. The molecule has 9 heteroatoms. The van der Waals surface area contributed by atoms with E-state index in [-0.39, 0.29) is 24.8 Å². The summed E-state index contributed by atoms with van der Waals surface area (Å²) in [6, 6.07) is 0. The highest BCUT2D eigenvalue weighted by Gasteiger charge is 2.17. The monoisotopic (exact) mass is 328 g/mol. The number of likely N-dealkylation sites (tertiary alicyclic amines) is 1. The third-order valence-electron chi connectivity index (χ3n) is 3.55. The fourth-order valence-corrected chi connectivity index (χ4v) is 2.37. The largest absolute Gasteiger partial charge is 0.357 e. The molecule has 2 rings (SSSR count). The van der Waals surface area contributed by atoms with Gasteiger partial charge in [0.15, 0.2) is 5.96 Å². The highest BCUT2D eigenvalue weighted by atomic mass is 19.3. The van der Waals surface area contributed by atoms with Crippen molar-refractivity contribution in [3.63, 3.8) is 0 Å². The quantitative estimate of drug-likeness (QED) is 0.602. The van der Waals surface area contributed by atoms with Crippen molar-refractivity contribution in [3.05, 3.63) is 18.2 Å². The van der Waals surface area contributed by atoms with Gasteiger partial charge in [0.2, 0.25) is 5.91 Å². The molecule has 2 N–H and O–H groups in total. The molecule has 0 unspecified atom stereocenters. The molecule has 0 bridgehead atoms. The molecule has 1 aromatic rings. The van der Waals surface area contributed by atoms with Crippen molar-refractivity contribution in [3.8, 4) is 0 Å². The van der Waals surface area contributed by atoms with Crippen molar-refractivity contribution in [1.29, 1.82) is 0 Å². The van der Waals surface area contributed by atoms with E-state index in [1.165, 1.54) is 12.4 Å². The van der Waals surface area contributed by atoms with Crippen molar-refractivity contribution >= 4 is 11.9 Å². The first-order valence-electron chi connectivity index (χ1n) is 7.71. The van der Waals surface area contributed by atoms with E-state index in [4.69, 9.17) is 0 Å². The van der Waals surface area contributed by atoms with Crippen LogP contribution in [0.2, 0.25) is 0 Å². The van der Waals surface area contributed by atoms with E-state index in [1.807, 2.05) is 6.92 Å². The van der Waals surface area contributed by atoms with E-state index < -0.39 is 6.55 Å². The van der Waals surface area contributed by atoms with Crippen LogP contribution < -0.4 is 10.6 Å². The number of alkyl halides is 2. The maximum atomic E-state index is 12.8. The predicted octanol–water partition coefficient (Wildman–Crippen LogP) is 0.956. The Kier molecular flexibility index (Phi) is 6.30. The molecular weight excluding hydrogens is 306 g/mol. The summed E-state index contributed by atoms with van der Waals surface area (Å²) in [5.41, 5.74) is 0. The van der Waals surface area contributed by atoms with Crippen molar-refractivity contribution in [2.24, 2.45) is 4.99 Å². The summed E-state index contributed by atoms with van der Waals surface area (Å²) in [5, 5.41) is 5.91. The van der Waals surface area contributed by atoms with Gasteiger partial charge in [-0.15, -0.1) is 0 Å². The molecule has 0 saturated carbocycles. The van der Waals surface area contributed by atoms with Crippen LogP contribution in [0.4, 0.5) is 8.78 Å². The Balaban J connectivity index is 1.91. The summed E-state index contributed by atoms with van der Waals surface area (Å²) in [6.07, 6.45) is 4.60. The summed E-state index contributed by atoms with van der Waals surface area (Å²) < 4.78 is 26.3. The van der Waals surface area contributed by atoms with Gasteiger partial charge in [-0.05, 0) is 19.8 Å². The van der Waals surface area contributed by atoms with Gasteiger partial charge in [0.05, 0.1) is 6.54 Å². The number of nitrogens with zero attached hydrogens (tertiary/aromatic N) is 4. The number of guanidine groups is 1. The lowest BCUT2D eigenvalue weighted by molar-refractivity contribution is -0.128. The second kappa shape index (κ2) is 8.44. The SMILES string of the molecule is CCNC(=NCc1nccn1C(F)F)NCC(=O)N1CCCC1. The van der Waals surface area contributed by atoms with E-state index in [9.17, 15) is 13.6 Å². The number of imidazole rings is 1. The molecule has 128 valence electrons. The van der Waals surface area contributed by atoms with Gasteiger partial charge in [0.25, 0.3) is 0 Å². The van der Waals surface area contributed by atoms with Crippen LogP contribution in [0.25, 0.3) is 0 Å². The second-order valence-corrected chi connectivity index (χ2v) is 5.17. The Morgan fingerprint density at radius 3 is 2.78 bits per heavy atom. The minimum absolute atomic E-state index is 0.00454. The third kappa shape index (κ3) is 4.90. The number of hydrogen-bond donors (Lipinski definition) is 2. The highest BCUT2D eigenvalue weighted by molar-refractivity contribution is 5.86. The van der Waals surface area contributed by atoms with E-state index in [2.05, 4.69) is 20.6 Å². The maximum absolute atomic E-state index is 12.8. The minimum atomic E-state index is -2.64. The van der Waals surface area contributed by atoms with Crippen LogP contribution >= 0.6 is 0 Å². The number of carbonyl (C=O) groups excluding carboxylic acids is 1. The Bertz CT molecular complexity index is 539. The summed E-state index contributed by atoms with van der Waals surface area (Å²) >= 11 is 0. The Labute approximate surface area is 133 Å². The topological polar surface area (TPSA) is 74.5 Å². The lowest BCUT2D eigenvalue weighted by Crippen LogP contribution is -2.44. The lowest BCUT2D eigenvalue weighted by Gasteiger charge is -2.17. The van der Waals surface area contributed by atoms with Gasteiger partial charge in [-0.2, -0.15) is 8.78 Å². The lowest BCUT2D eigenvalue weighted by atomic mass is 10.4. The zero-order valence-corrected chi connectivity index (χ0v) is 13.1. The molecule has 0 spiro atoms. The number of aliphatic imine (C=N–C) groups is 1. The van der Waals surface area contributed by atoms with Crippen LogP contribution in [0.3, 0.4) is 0 Å². The van der Waals surface area contributed by atoms with E-state index in [1.54, 1.807) is 4.90 Å². The van der Waals surface area contributed by atoms with E-state index in [0.717, 1.165) is 30.5 Å². The molecule has 1 saturated heterocycles. The molecule has 0 radical (unpaired) electrons. The molecule has 7 nitrogen and oxygen atoms in total. The fraction of sp³-hybridized carbons (Fsp3) is 0.643. The zero-order valence-electron chi connectivity index (χ0n) is 13.1.